The average molecular weight is 197 g/mol. The molecule has 0 atom stereocenters. The zero-order valence-electron chi connectivity index (χ0n) is 8.06. The molecule has 0 saturated carbocycles. The molecule has 0 radical (unpaired) electrons. The maximum absolute atomic E-state index is 8.70. The van der Waals surface area contributed by atoms with Gasteiger partial charge in [-0.05, 0) is 28.2 Å². The van der Waals surface area contributed by atoms with E-state index in [1.807, 2.05) is 0 Å². The normalized spacial score (nSPS) is 9.67. The molecule has 0 aromatic heterocycles. The van der Waals surface area contributed by atoms with Crippen molar-refractivity contribution >= 4 is 8.25 Å². The Morgan fingerprint density at radius 1 is 1.00 bits per heavy atom. The van der Waals surface area contributed by atoms with Gasteiger partial charge in [-0.1, -0.05) is 0 Å². The van der Waals surface area contributed by atoms with Gasteiger partial charge in [0.05, 0.1) is 0 Å². The lowest BCUT2D eigenvalue weighted by molar-refractivity contribution is 0.320. The Kier molecular flexibility index (Phi) is 10.9. The van der Waals surface area contributed by atoms with Gasteiger partial charge in [0.25, 0.3) is 0 Å². The van der Waals surface area contributed by atoms with Crippen LogP contribution in [0.15, 0.2) is 0 Å². The molecule has 0 fully saturated rings. The molecule has 0 rings (SSSR count). The Labute approximate surface area is 74.6 Å². The van der Waals surface area contributed by atoms with E-state index in [2.05, 4.69) is 38.0 Å². The van der Waals surface area contributed by atoms with Crippen molar-refractivity contribution in [2.75, 3.05) is 41.3 Å². The Morgan fingerprint density at radius 2 is 1.17 bits per heavy atom. The van der Waals surface area contributed by atoms with E-state index in [4.69, 9.17) is 14.4 Å². The first-order valence-electron chi connectivity index (χ1n) is 3.50. The maximum Gasteiger partial charge on any atom is 0.692 e. The molecule has 0 spiro atoms. The highest BCUT2D eigenvalue weighted by Gasteiger charge is 1.93. The molecule has 0 aliphatic rings. The predicted molar refractivity (Wildman–Crippen MR) is 49.2 cm³/mol. The number of rotatable bonds is 3. The molecule has 0 saturated heterocycles. The second-order valence-corrected chi connectivity index (χ2v) is 3.36. The van der Waals surface area contributed by atoms with Crippen molar-refractivity contribution in [1.82, 2.24) is 9.80 Å². The molecule has 6 heteroatoms. The van der Waals surface area contributed by atoms with Crippen molar-refractivity contribution in [2.45, 2.75) is 0 Å². The van der Waals surface area contributed by atoms with Gasteiger partial charge < -0.3 is 9.80 Å². The first kappa shape index (κ1) is 14.5. The summed E-state index contributed by atoms with van der Waals surface area (Å²) in [4.78, 5) is 18.6. The number of hydrogen-bond acceptors (Lipinski definition) is 3. The standard InChI is InChI=1S/C6H16N2.HO3P/c1-7(2)5-6-8(3)4;1-4(2)3/h5-6H2,1-4H3;(H-,1,2,3)/p+1. The summed E-state index contributed by atoms with van der Waals surface area (Å²) in [6.45, 7) is 2.29. The minimum atomic E-state index is -2.87. The largest absolute Gasteiger partial charge is 0.692 e. The maximum atomic E-state index is 8.70. The second kappa shape index (κ2) is 9.03. The molecule has 0 aliphatic carbocycles. The lowest BCUT2D eigenvalue weighted by atomic mass is 10.5. The highest BCUT2D eigenvalue weighted by atomic mass is 31.1. The summed E-state index contributed by atoms with van der Waals surface area (Å²) >= 11 is 0. The first-order chi connectivity index (χ1) is 5.36. The van der Waals surface area contributed by atoms with Crippen LogP contribution in [0.3, 0.4) is 0 Å². The molecular weight excluding hydrogens is 179 g/mol. The Hall–Kier alpha value is -0.0600. The molecule has 74 valence electrons. The number of likely N-dealkylation sites (N-methyl/N-ethyl adjacent to an activating group) is 2. The smallest absolute Gasteiger partial charge is 0.308 e. The van der Waals surface area contributed by atoms with E-state index in [1.54, 1.807) is 0 Å². The van der Waals surface area contributed by atoms with Crippen LogP contribution in [0.2, 0.25) is 0 Å². The second-order valence-electron chi connectivity index (χ2n) is 2.86. The summed E-state index contributed by atoms with van der Waals surface area (Å²) in [6.07, 6.45) is 0. The summed E-state index contributed by atoms with van der Waals surface area (Å²) in [5, 5.41) is 0. The highest BCUT2D eigenvalue weighted by molar-refractivity contribution is 7.30. The van der Waals surface area contributed by atoms with Crippen LogP contribution >= 0.6 is 8.25 Å². The molecule has 2 N–H and O–H groups in total. The van der Waals surface area contributed by atoms with Crippen molar-refractivity contribution in [3.05, 3.63) is 0 Å². The van der Waals surface area contributed by atoms with Gasteiger partial charge >= 0.3 is 8.25 Å². The van der Waals surface area contributed by atoms with Crippen LogP contribution in [0.1, 0.15) is 0 Å². The molecule has 12 heavy (non-hydrogen) atoms. The van der Waals surface area contributed by atoms with Crippen molar-refractivity contribution in [3.63, 3.8) is 0 Å². The molecule has 0 aliphatic heterocycles. The third kappa shape index (κ3) is 32.6. The van der Waals surface area contributed by atoms with Gasteiger partial charge in [0.15, 0.2) is 0 Å². The molecular formula is C6H18N2O3P+. The molecule has 0 bridgehead atoms. The monoisotopic (exact) mass is 197 g/mol. The van der Waals surface area contributed by atoms with Crippen LogP contribution in [-0.2, 0) is 4.57 Å². The van der Waals surface area contributed by atoms with Gasteiger partial charge in [0.2, 0.25) is 0 Å². The molecule has 0 amide bonds. The fraction of sp³-hybridized carbons (Fsp3) is 1.00. The predicted octanol–water partition coefficient (Wildman–Crippen LogP) is -0.262. The Balaban J connectivity index is 0. The van der Waals surface area contributed by atoms with Crippen LogP contribution in [0.5, 0.6) is 0 Å². The van der Waals surface area contributed by atoms with Crippen molar-refractivity contribution in [3.8, 4) is 0 Å². The topological polar surface area (TPSA) is 64.0 Å². The van der Waals surface area contributed by atoms with Gasteiger partial charge in [0.1, 0.15) is 0 Å². The molecule has 0 heterocycles. The van der Waals surface area contributed by atoms with Gasteiger partial charge in [0, 0.05) is 17.7 Å². The summed E-state index contributed by atoms with van der Waals surface area (Å²) in [6, 6.07) is 0. The van der Waals surface area contributed by atoms with Crippen LogP contribution < -0.4 is 0 Å². The molecule has 0 aromatic rings. The summed E-state index contributed by atoms with van der Waals surface area (Å²) in [5.41, 5.74) is 0. The summed E-state index contributed by atoms with van der Waals surface area (Å²) in [7, 11) is 5.48. The quantitative estimate of drug-likeness (QED) is 0.610. The van der Waals surface area contributed by atoms with Crippen LogP contribution in [0.25, 0.3) is 0 Å². The zero-order chi connectivity index (χ0) is 10.1. The summed E-state index contributed by atoms with van der Waals surface area (Å²) in [5.74, 6) is 0. The fourth-order valence-electron chi connectivity index (χ4n) is 0.400. The van der Waals surface area contributed by atoms with E-state index in [-0.39, 0.29) is 0 Å². The third-order valence-electron chi connectivity index (χ3n) is 0.994. The average Bonchev–Trinajstić information content (AvgIpc) is 1.82. The lowest BCUT2D eigenvalue weighted by Gasteiger charge is -2.13. The minimum absolute atomic E-state index is 1.15. The van der Waals surface area contributed by atoms with Gasteiger partial charge in [-0.15, -0.1) is 9.79 Å². The lowest BCUT2D eigenvalue weighted by Crippen LogP contribution is -2.25. The van der Waals surface area contributed by atoms with Crippen molar-refractivity contribution < 1.29 is 14.4 Å². The highest BCUT2D eigenvalue weighted by Crippen LogP contribution is 1.98. The van der Waals surface area contributed by atoms with Crippen LogP contribution in [-0.4, -0.2) is 60.9 Å². The molecule has 5 nitrogen and oxygen atoms in total. The fourth-order valence-corrected chi connectivity index (χ4v) is 0.400. The van der Waals surface area contributed by atoms with E-state index in [0.29, 0.717) is 0 Å². The van der Waals surface area contributed by atoms with Crippen molar-refractivity contribution in [2.24, 2.45) is 0 Å². The SMILES string of the molecule is CN(C)CCN(C)C.O=[P+](O)O. The first-order valence-corrected chi connectivity index (χ1v) is 4.67. The van der Waals surface area contributed by atoms with Crippen molar-refractivity contribution in [1.29, 1.82) is 0 Å². The van der Waals surface area contributed by atoms with Gasteiger partial charge in [-0.2, -0.15) is 0 Å². The third-order valence-corrected chi connectivity index (χ3v) is 0.994. The number of hydrogen-bond donors (Lipinski definition) is 2. The Bertz CT molecular complexity index is 107. The van der Waals surface area contributed by atoms with E-state index in [1.165, 1.54) is 0 Å². The summed E-state index contributed by atoms with van der Waals surface area (Å²) < 4.78 is 8.70. The van der Waals surface area contributed by atoms with Gasteiger partial charge in [-0.25, -0.2) is 0 Å². The number of nitrogens with zero attached hydrogens (tertiary/aromatic N) is 2. The van der Waals surface area contributed by atoms with E-state index in [9.17, 15) is 0 Å². The van der Waals surface area contributed by atoms with E-state index >= 15 is 0 Å². The van der Waals surface area contributed by atoms with Crippen LogP contribution in [0, 0.1) is 0 Å². The Morgan fingerprint density at radius 3 is 1.25 bits per heavy atom. The van der Waals surface area contributed by atoms with E-state index in [0.717, 1.165) is 13.1 Å². The molecule has 0 aromatic carbocycles. The minimum Gasteiger partial charge on any atom is -0.308 e. The van der Waals surface area contributed by atoms with Crippen LogP contribution in [0.4, 0.5) is 0 Å². The van der Waals surface area contributed by atoms with Gasteiger partial charge in [-0.3, -0.25) is 0 Å². The van der Waals surface area contributed by atoms with E-state index < -0.39 is 8.25 Å². The molecule has 0 unspecified atom stereocenters. The zero-order valence-corrected chi connectivity index (χ0v) is 8.95.